The Morgan fingerprint density at radius 1 is 1.44 bits per heavy atom. The molecule has 0 spiro atoms. The van der Waals surface area contributed by atoms with E-state index in [1.54, 1.807) is 4.68 Å². The van der Waals surface area contributed by atoms with Crippen molar-refractivity contribution in [1.29, 1.82) is 0 Å². The molecular weight excluding hydrogens is 228 g/mol. The Bertz CT molecular complexity index is 472. The lowest BCUT2D eigenvalue weighted by atomic mass is 10.2. The molecular formula is C13H22N4O. The Labute approximate surface area is 107 Å². The Kier molecular flexibility index (Phi) is 3.24. The van der Waals surface area contributed by atoms with E-state index in [2.05, 4.69) is 17.3 Å². The highest BCUT2D eigenvalue weighted by molar-refractivity contribution is 4.91. The van der Waals surface area contributed by atoms with E-state index in [0.29, 0.717) is 5.92 Å². The molecule has 1 atom stereocenters. The lowest BCUT2D eigenvalue weighted by molar-refractivity contribution is 0.410. The minimum atomic E-state index is 0.0861. The molecule has 0 aromatic carbocycles. The van der Waals surface area contributed by atoms with Gasteiger partial charge in [-0.2, -0.15) is 5.10 Å². The minimum absolute atomic E-state index is 0.0861. The minimum Gasteiger partial charge on any atom is -0.314 e. The molecule has 2 heterocycles. The Morgan fingerprint density at radius 2 is 2.28 bits per heavy atom. The molecule has 0 saturated heterocycles. The molecule has 1 saturated carbocycles. The molecule has 5 nitrogen and oxygen atoms in total. The number of rotatable bonds is 5. The summed E-state index contributed by atoms with van der Waals surface area (Å²) in [6.45, 7) is 4.75. The summed E-state index contributed by atoms with van der Waals surface area (Å²) in [6.07, 6.45) is 5.85. The molecule has 100 valence electrons. The highest BCUT2D eigenvalue weighted by atomic mass is 16.2. The first-order valence-electron chi connectivity index (χ1n) is 7.14. The van der Waals surface area contributed by atoms with Crippen molar-refractivity contribution in [3.8, 4) is 0 Å². The number of hydrogen-bond acceptors (Lipinski definition) is 3. The molecule has 18 heavy (non-hydrogen) atoms. The third kappa shape index (κ3) is 2.51. The van der Waals surface area contributed by atoms with Crippen LogP contribution in [0.15, 0.2) is 4.79 Å². The lowest BCUT2D eigenvalue weighted by Crippen LogP contribution is -2.31. The average Bonchev–Trinajstić information content (AvgIpc) is 3.15. The van der Waals surface area contributed by atoms with Crippen LogP contribution in [0.3, 0.4) is 0 Å². The second-order valence-corrected chi connectivity index (χ2v) is 5.78. The van der Waals surface area contributed by atoms with E-state index in [9.17, 15) is 4.79 Å². The SMILES string of the molecule is CC(CNC1CC1)Cn1nc2n(c1=O)CCCC2. The fourth-order valence-corrected chi connectivity index (χ4v) is 2.58. The van der Waals surface area contributed by atoms with Crippen molar-refractivity contribution in [3.05, 3.63) is 16.3 Å². The van der Waals surface area contributed by atoms with Crippen molar-refractivity contribution in [3.63, 3.8) is 0 Å². The summed E-state index contributed by atoms with van der Waals surface area (Å²) in [5, 5.41) is 7.98. The zero-order chi connectivity index (χ0) is 12.5. The zero-order valence-electron chi connectivity index (χ0n) is 11.1. The monoisotopic (exact) mass is 250 g/mol. The second kappa shape index (κ2) is 4.88. The maximum absolute atomic E-state index is 12.1. The molecule has 0 radical (unpaired) electrons. The van der Waals surface area contributed by atoms with Crippen LogP contribution < -0.4 is 11.0 Å². The van der Waals surface area contributed by atoms with Gasteiger partial charge in [0.25, 0.3) is 0 Å². The molecule has 0 bridgehead atoms. The summed E-state index contributed by atoms with van der Waals surface area (Å²) in [5.74, 6) is 1.44. The number of hydrogen-bond donors (Lipinski definition) is 1. The third-order valence-electron chi connectivity index (χ3n) is 3.85. The average molecular weight is 250 g/mol. The summed E-state index contributed by atoms with van der Waals surface area (Å²) in [6, 6.07) is 0.736. The summed E-state index contributed by atoms with van der Waals surface area (Å²) >= 11 is 0. The summed E-state index contributed by atoms with van der Waals surface area (Å²) < 4.78 is 3.52. The van der Waals surface area contributed by atoms with Crippen molar-refractivity contribution >= 4 is 0 Å². The molecule has 1 unspecified atom stereocenters. The van der Waals surface area contributed by atoms with Gasteiger partial charge in [0.15, 0.2) is 0 Å². The summed E-state index contributed by atoms with van der Waals surface area (Å²) in [4.78, 5) is 12.1. The van der Waals surface area contributed by atoms with Gasteiger partial charge in [-0.3, -0.25) is 4.57 Å². The highest BCUT2D eigenvalue weighted by Gasteiger charge is 2.22. The second-order valence-electron chi connectivity index (χ2n) is 5.78. The molecule has 3 rings (SSSR count). The van der Waals surface area contributed by atoms with Gasteiger partial charge in [0.1, 0.15) is 5.82 Å². The van der Waals surface area contributed by atoms with E-state index >= 15 is 0 Å². The molecule has 1 fully saturated rings. The van der Waals surface area contributed by atoms with Crippen LogP contribution in [0.4, 0.5) is 0 Å². The van der Waals surface area contributed by atoms with Gasteiger partial charge in [-0.25, -0.2) is 9.48 Å². The predicted octanol–water partition coefficient (Wildman–Crippen LogP) is 0.769. The maximum atomic E-state index is 12.1. The van der Waals surface area contributed by atoms with E-state index < -0.39 is 0 Å². The van der Waals surface area contributed by atoms with Crippen LogP contribution in [0.5, 0.6) is 0 Å². The summed E-state index contributed by atoms with van der Waals surface area (Å²) in [7, 11) is 0. The lowest BCUT2D eigenvalue weighted by Gasteiger charge is -2.11. The highest BCUT2D eigenvalue weighted by Crippen LogP contribution is 2.18. The van der Waals surface area contributed by atoms with Crippen LogP contribution in [-0.4, -0.2) is 26.9 Å². The number of nitrogens with one attached hydrogen (secondary N) is 1. The van der Waals surface area contributed by atoms with E-state index in [1.807, 2.05) is 4.57 Å². The smallest absolute Gasteiger partial charge is 0.314 e. The molecule has 1 aliphatic heterocycles. The van der Waals surface area contributed by atoms with Crippen LogP contribution in [0.1, 0.15) is 38.4 Å². The van der Waals surface area contributed by atoms with Gasteiger partial charge in [0.2, 0.25) is 0 Å². The fourth-order valence-electron chi connectivity index (χ4n) is 2.58. The van der Waals surface area contributed by atoms with Crippen molar-refractivity contribution in [2.45, 2.75) is 58.2 Å². The predicted molar refractivity (Wildman–Crippen MR) is 69.6 cm³/mol. The van der Waals surface area contributed by atoms with Gasteiger partial charge in [-0.15, -0.1) is 0 Å². The zero-order valence-corrected chi connectivity index (χ0v) is 11.1. The first-order valence-corrected chi connectivity index (χ1v) is 7.14. The van der Waals surface area contributed by atoms with E-state index in [0.717, 1.165) is 50.8 Å². The fraction of sp³-hybridized carbons (Fsp3) is 0.846. The first kappa shape index (κ1) is 12.0. The van der Waals surface area contributed by atoms with Gasteiger partial charge in [0, 0.05) is 19.0 Å². The van der Waals surface area contributed by atoms with Crippen LogP contribution in [-0.2, 0) is 19.5 Å². The third-order valence-corrected chi connectivity index (χ3v) is 3.85. The molecule has 5 heteroatoms. The standard InChI is InChI=1S/C13H22N4O/c1-10(8-14-11-5-6-11)9-17-13(18)16-7-3-2-4-12(16)15-17/h10-11,14H,2-9H2,1H3. The van der Waals surface area contributed by atoms with E-state index in [-0.39, 0.29) is 5.69 Å². The van der Waals surface area contributed by atoms with Gasteiger partial charge in [-0.1, -0.05) is 6.92 Å². The normalized spacial score (nSPS) is 20.7. The Balaban J connectivity index is 1.64. The largest absolute Gasteiger partial charge is 0.345 e. The van der Waals surface area contributed by atoms with Crippen molar-refractivity contribution in [1.82, 2.24) is 19.7 Å². The maximum Gasteiger partial charge on any atom is 0.345 e. The molecule has 1 aliphatic carbocycles. The van der Waals surface area contributed by atoms with Gasteiger partial charge in [0.05, 0.1) is 6.54 Å². The van der Waals surface area contributed by atoms with E-state index in [1.165, 1.54) is 12.8 Å². The van der Waals surface area contributed by atoms with Crippen LogP contribution in [0, 0.1) is 5.92 Å². The van der Waals surface area contributed by atoms with Crippen LogP contribution in [0.25, 0.3) is 0 Å². The van der Waals surface area contributed by atoms with Crippen LogP contribution >= 0.6 is 0 Å². The molecule has 1 aromatic rings. The number of fused-ring (bicyclic) bond motifs is 1. The van der Waals surface area contributed by atoms with Crippen molar-refractivity contribution in [2.24, 2.45) is 5.92 Å². The Morgan fingerprint density at radius 3 is 3.00 bits per heavy atom. The summed E-state index contributed by atoms with van der Waals surface area (Å²) in [5.41, 5.74) is 0.0861. The number of nitrogens with zero attached hydrogens (tertiary/aromatic N) is 3. The molecule has 1 N–H and O–H groups in total. The van der Waals surface area contributed by atoms with Gasteiger partial charge < -0.3 is 5.32 Å². The Hall–Kier alpha value is -1.10. The van der Waals surface area contributed by atoms with Gasteiger partial charge >= 0.3 is 5.69 Å². The van der Waals surface area contributed by atoms with Crippen LogP contribution in [0.2, 0.25) is 0 Å². The first-order chi connectivity index (χ1) is 8.74. The number of aryl methyl sites for hydroxylation is 1. The molecule has 0 amide bonds. The quantitative estimate of drug-likeness (QED) is 0.840. The van der Waals surface area contributed by atoms with E-state index in [4.69, 9.17) is 0 Å². The molecule has 1 aromatic heterocycles. The van der Waals surface area contributed by atoms with Crippen molar-refractivity contribution in [2.75, 3.05) is 6.54 Å². The van der Waals surface area contributed by atoms with Gasteiger partial charge in [-0.05, 0) is 38.1 Å². The molecule has 2 aliphatic rings. The van der Waals surface area contributed by atoms with Crippen molar-refractivity contribution < 1.29 is 0 Å². The topological polar surface area (TPSA) is 51.9 Å². The number of aromatic nitrogens is 3.